The monoisotopic (exact) mass is 391 g/mol. The molecule has 1 saturated heterocycles. The average molecular weight is 391 g/mol. The van der Waals surface area contributed by atoms with E-state index in [-0.39, 0.29) is 6.10 Å². The van der Waals surface area contributed by atoms with Crippen LogP contribution in [0, 0.1) is 0 Å². The lowest BCUT2D eigenvalue weighted by atomic mass is 10.0. The van der Waals surface area contributed by atoms with Gasteiger partial charge in [-0.05, 0) is 17.7 Å². The van der Waals surface area contributed by atoms with Crippen molar-refractivity contribution in [3.8, 4) is 0 Å². The minimum atomic E-state index is -0.199. The zero-order valence-corrected chi connectivity index (χ0v) is 16.2. The molecule has 0 radical (unpaired) electrons. The van der Waals surface area contributed by atoms with E-state index in [4.69, 9.17) is 28.4 Å². The van der Waals surface area contributed by atoms with Crippen molar-refractivity contribution < 1.29 is 28.4 Å². The van der Waals surface area contributed by atoms with Crippen LogP contribution in [0.1, 0.15) is 11.7 Å². The van der Waals surface area contributed by atoms with Crippen LogP contribution in [0.4, 0.5) is 0 Å². The first-order valence-corrected chi connectivity index (χ1v) is 9.79. The molecule has 7 nitrogen and oxygen atoms in total. The van der Waals surface area contributed by atoms with Crippen LogP contribution in [0.2, 0.25) is 0 Å². The average Bonchev–Trinajstić information content (AvgIpc) is 2.73. The third-order valence-electron chi connectivity index (χ3n) is 4.33. The van der Waals surface area contributed by atoms with Crippen LogP contribution in [-0.4, -0.2) is 77.7 Å². The molecule has 28 heavy (non-hydrogen) atoms. The summed E-state index contributed by atoms with van der Waals surface area (Å²) >= 11 is 0. The molecule has 1 aliphatic rings. The second kappa shape index (κ2) is 12.8. The lowest BCUT2D eigenvalue weighted by molar-refractivity contribution is -0.0612. The predicted octanol–water partition coefficient (Wildman–Crippen LogP) is 2.39. The molecule has 1 atom stereocenters. The zero-order chi connectivity index (χ0) is 19.3. The van der Waals surface area contributed by atoms with Crippen LogP contribution in [0.5, 0.6) is 0 Å². The van der Waals surface area contributed by atoms with Gasteiger partial charge < -0.3 is 28.4 Å². The van der Waals surface area contributed by atoms with Gasteiger partial charge in [-0.15, -0.1) is 0 Å². The first kappa shape index (κ1) is 21.1. The summed E-state index contributed by atoms with van der Waals surface area (Å²) in [5, 5.41) is 1.07. The molecule has 1 unspecified atom stereocenters. The minimum Gasteiger partial charge on any atom is -0.377 e. The Labute approximate surface area is 165 Å². The molecule has 7 heteroatoms. The highest BCUT2D eigenvalue weighted by Gasteiger charge is 2.16. The van der Waals surface area contributed by atoms with Gasteiger partial charge in [-0.2, -0.15) is 0 Å². The van der Waals surface area contributed by atoms with Crippen LogP contribution < -0.4 is 0 Å². The fourth-order valence-corrected chi connectivity index (χ4v) is 2.95. The Morgan fingerprint density at radius 3 is 1.89 bits per heavy atom. The molecule has 0 amide bonds. The van der Waals surface area contributed by atoms with E-state index in [1.165, 1.54) is 0 Å². The third kappa shape index (κ3) is 7.09. The molecular weight excluding hydrogens is 362 g/mol. The maximum absolute atomic E-state index is 6.10. The second-order valence-electron chi connectivity index (χ2n) is 6.30. The van der Waals surface area contributed by atoms with Gasteiger partial charge >= 0.3 is 0 Å². The van der Waals surface area contributed by atoms with Crippen molar-refractivity contribution >= 4 is 10.9 Å². The third-order valence-corrected chi connectivity index (χ3v) is 4.33. The Morgan fingerprint density at radius 1 is 0.643 bits per heavy atom. The standard InChI is InChI=1S/C21H29NO6/c1-2-4-20-18(3-1)19(5-6-22-20)21-17-27-14-13-25-10-9-23-7-8-24-11-12-26-15-16-28-21/h1-6,21H,7-17H2. The van der Waals surface area contributed by atoms with Crippen molar-refractivity contribution in [2.75, 3.05) is 72.7 Å². The van der Waals surface area contributed by atoms with Gasteiger partial charge in [-0.25, -0.2) is 0 Å². The molecule has 1 aromatic heterocycles. The van der Waals surface area contributed by atoms with Gasteiger partial charge in [0.25, 0.3) is 0 Å². The summed E-state index contributed by atoms with van der Waals surface area (Å²) in [6, 6.07) is 10.0. The molecule has 0 spiro atoms. The Bertz CT molecular complexity index is 659. The highest BCUT2D eigenvalue weighted by Crippen LogP contribution is 2.25. The van der Waals surface area contributed by atoms with Gasteiger partial charge in [0.2, 0.25) is 0 Å². The topological polar surface area (TPSA) is 68.3 Å². The number of pyridine rings is 1. The fraction of sp³-hybridized carbons (Fsp3) is 0.571. The van der Waals surface area contributed by atoms with Crippen molar-refractivity contribution in [2.45, 2.75) is 6.10 Å². The number of rotatable bonds is 1. The Balaban J connectivity index is 1.60. The molecule has 1 aromatic carbocycles. The van der Waals surface area contributed by atoms with Gasteiger partial charge in [0.15, 0.2) is 0 Å². The molecule has 0 bridgehead atoms. The van der Waals surface area contributed by atoms with E-state index in [0.29, 0.717) is 72.7 Å². The van der Waals surface area contributed by atoms with Crippen molar-refractivity contribution in [3.05, 3.63) is 42.1 Å². The van der Waals surface area contributed by atoms with E-state index in [1.807, 2.05) is 30.5 Å². The molecule has 1 aliphatic heterocycles. The number of ether oxygens (including phenoxy) is 6. The van der Waals surface area contributed by atoms with Crippen LogP contribution in [-0.2, 0) is 28.4 Å². The molecule has 0 N–H and O–H groups in total. The number of benzene rings is 1. The number of fused-ring (bicyclic) bond motifs is 1. The molecule has 0 aliphatic carbocycles. The fourth-order valence-electron chi connectivity index (χ4n) is 2.95. The lowest BCUT2D eigenvalue weighted by Gasteiger charge is -2.20. The normalized spacial score (nSPS) is 22.4. The first-order chi connectivity index (χ1) is 13.9. The van der Waals surface area contributed by atoms with E-state index in [0.717, 1.165) is 16.5 Å². The van der Waals surface area contributed by atoms with Crippen LogP contribution >= 0.6 is 0 Å². The molecule has 2 aromatic rings. The summed E-state index contributed by atoms with van der Waals surface area (Å²) in [5.41, 5.74) is 2.01. The largest absolute Gasteiger partial charge is 0.377 e. The number of aromatic nitrogens is 1. The maximum atomic E-state index is 6.10. The highest BCUT2D eigenvalue weighted by atomic mass is 16.6. The maximum Gasteiger partial charge on any atom is 0.107 e. The van der Waals surface area contributed by atoms with Crippen molar-refractivity contribution in [1.82, 2.24) is 4.98 Å². The quantitative estimate of drug-likeness (QED) is 0.739. The molecule has 0 saturated carbocycles. The minimum absolute atomic E-state index is 0.199. The molecule has 2 heterocycles. The number of para-hydroxylation sites is 1. The summed E-state index contributed by atoms with van der Waals surface area (Å²) in [5.74, 6) is 0. The Morgan fingerprint density at radius 2 is 1.21 bits per heavy atom. The number of nitrogens with zero attached hydrogens (tertiary/aromatic N) is 1. The van der Waals surface area contributed by atoms with Crippen molar-refractivity contribution in [2.24, 2.45) is 0 Å². The van der Waals surface area contributed by atoms with E-state index >= 15 is 0 Å². The summed E-state index contributed by atoms with van der Waals surface area (Å²) < 4.78 is 33.9. The van der Waals surface area contributed by atoms with Crippen molar-refractivity contribution in [1.29, 1.82) is 0 Å². The van der Waals surface area contributed by atoms with Gasteiger partial charge in [0, 0.05) is 11.6 Å². The van der Waals surface area contributed by atoms with E-state index in [9.17, 15) is 0 Å². The second-order valence-corrected chi connectivity index (χ2v) is 6.30. The van der Waals surface area contributed by atoms with Gasteiger partial charge in [0.05, 0.1) is 78.2 Å². The highest BCUT2D eigenvalue weighted by molar-refractivity contribution is 5.82. The smallest absolute Gasteiger partial charge is 0.107 e. The van der Waals surface area contributed by atoms with Crippen molar-refractivity contribution in [3.63, 3.8) is 0 Å². The first-order valence-electron chi connectivity index (χ1n) is 9.79. The number of hydrogen-bond donors (Lipinski definition) is 0. The predicted molar refractivity (Wildman–Crippen MR) is 105 cm³/mol. The zero-order valence-electron chi connectivity index (χ0n) is 16.2. The Kier molecular flexibility index (Phi) is 9.63. The summed E-state index contributed by atoms with van der Waals surface area (Å²) in [6.07, 6.45) is 1.61. The molecule has 3 rings (SSSR count). The van der Waals surface area contributed by atoms with Crippen LogP contribution in [0.3, 0.4) is 0 Å². The SMILES string of the molecule is c1ccc2c(C3COCCOCCOCCOCCOCCO3)ccnc2c1. The molecule has 154 valence electrons. The summed E-state index contributed by atoms with van der Waals surface area (Å²) in [7, 11) is 0. The van der Waals surface area contributed by atoms with Gasteiger partial charge in [-0.3, -0.25) is 4.98 Å². The Hall–Kier alpha value is -1.61. The molecule has 1 fully saturated rings. The molecular formula is C21H29NO6. The van der Waals surface area contributed by atoms with E-state index in [2.05, 4.69) is 11.1 Å². The summed E-state index contributed by atoms with van der Waals surface area (Å²) in [4.78, 5) is 4.43. The van der Waals surface area contributed by atoms with Gasteiger partial charge in [0.1, 0.15) is 6.10 Å². The number of hydrogen-bond acceptors (Lipinski definition) is 7. The van der Waals surface area contributed by atoms with Crippen LogP contribution in [0.25, 0.3) is 10.9 Å². The van der Waals surface area contributed by atoms with E-state index < -0.39 is 0 Å². The van der Waals surface area contributed by atoms with Gasteiger partial charge in [-0.1, -0.05) is 18.2 Å². The summed E-state index contributed by atoms with van der Waals surface area (Å²) in [6.45, 7) is 5.73. The van der Waals surface area contributed by atoms with E-state index in [1.54, 1.807) is 0 Å². The van der Waals surface area contributed by atoms with Crippen LogP contribution in [0.15, 0.2) is 36.5 Å². The lowest BCUT2D eigenvalue weighted by Crippen LogP contribution is -2.19.